The van der Waals surface area contributed by atoms with Crippen LogP contribution >= 0.6 is 36.4 Å². The van der Waals surface area contributed by atoms with E-state index in [1.54, 1.807) is 0 Å². The third-order valence-corrected chi connectivity index (χ3v) is 6.49. The number of aryl methyl sites for hydroxylation is 2. The number of morpholine rings is 1. The van der Waals surface area contributed by atoms with Crippen LogP contribution in [0.4, 0.5) is 0 Å². The molecule has 0 saturated carbocycles. The molecule has 3 heterocycles. The molecule has 0 radical (unpaired) electrons. The first-order chi connectivity index (χ1) is 15.7. The fourth-order valence-corrected chi connectivity index (χ4v) is 4.93. The largest absolute Gasteiger partial charge is 0.492 e. The molecule has 2 aromatic carbocycles. The maximum atomic E-state index is 6.58. The summed E-state index contributed by atoms with van der Waals surface area (Å²) in [6.45, 7) is 10.3. The Bertz CT molecular complexity index is 1250. The summed E-state index contributed by atoms with van der Waals surface area (Å²) in [7, 11) is 0. The highest BCUT2D eigenvalue weighted by atomic mass is 35.5. The molecule has 0 bridgehead atoms. The van der Waals surface area contributed by atoms with E-state index in [0.29, 0.717) is 6.61 Å². The number of aromatic nitrogens is 2. The molecule has 4 aromatic rings. The molecule has 0 amide bonds. The van der Waals surface area contributed by atoms with Crippen molar-refractivity contribution in [1.29, 1.82) is 0 Å². The summed E-state index contributed by atoms with van der Waals surface area (Å²) in [4.78, 5) is 6.91. The monoisotopic (exact) mass is 521 g/mol. The summed E-state index contributed by atoms with van der Waals surface area (Å²) in [5, 5.41) is 3.10. The van der Waals surface area contributed by atoms with Gasteiger partial charge in [-0.1, -0.05) is 23.7 Å². The van der Waals surface area contributed by atoms with Crippen LogP contribution < -0.4 is 4.74 Å². The van der Waals surface area contributed by atoms with Gasteiger partial charge >= 0.3 is 0 Å². The minimum atomic E-state index is 0. The molecule has 2 aromatic heterocycles. The summed E-state index contributed by atoms with van der Waals surface area (Å²) < 4.78 is 13.8. The van der Waals surface area contributed by atoms with Crippen molar-refractivity contribution in [3.8, 4) is 16.9 Å². The van der Waals surface area contributed by atoms with Gasteiger partial charge in [0.1, 0.15) is 12.4 Å². The number of hydrogen-bond acceptors (Lipinski definition) is 4. The summed E-state index contributed by atoms with van der Waals surface area (Å²) in [6, 6.07) is 14.6. The predicted molar refractivity (Wildman–Crippen MR) is 145 cm³/mol. The van der Waals surface area contributed by atoms with Crippen LogP contribution in [0.25, 0.3) is 32.9 Å². The third kappa shape index (κ3) is 5.14. The fourth-order valence-electron chi connectivity index (χ4n) is 4.71. The van der Waals surface area contributed by atoms with Crippen molar-refractivity contribution in [2.45, 2.75) is 20.4 Å². The lowest BCUT2D eigenvalue weighted by Gasteiger charge is -2.26. The molecule has 1 saturated heterocycles. The SMILES string of the molecule is CCn1c2c(-c3ccc(OCCN4CCOCC4)cc3)cc(Cl)cc2c2ccnc(C)c21.Cl.Cl. The van der Waals surface area contributed by atoms with Gasteiger partial charge in [0, 0.05) is 53.7 Å². The number of benzene rings is 2. The van der Waals surface area contributed by atoms with E-state index < -0.39 is 0 Å². The van der Waals surface area contributed by atoms with Crippen LogP contribution in [-0.4, -0.2) is 53.9 Å². The standard InChI is InChI=1S/C26H28ClN3O2.2ClH/c1-3-30-25-18(2)28-9-8-22(25)24-17-20(27)16-23(26(24)30)19-4-6-21(7-5-19)32-15-12-29-10-13-31-14-11-29;;/h4-9,16-17H,3,10-15H2,1-2H3;2*1H. The molecule has 0 atom stereocenters. The Kier molecular flexibility index (Phi) is 9.07. The zero-order valence-corrected chi connectivity index (χ0v) is 21.8. The Balaban J connectivity index is 0.00000162. The molecule has 34 heavy (non-hydrogen) atoms. The quantitative estimate of drug-likeness (QED) is 0.294. The summed E-state index contributed by atoms with van der Waals surface area (Å²) in [5.74, 6) is 0.886. The first kappa shape index (κ1) is 26.6. The van der Waals surface area contributed by atoms with Crippen molar-refractivity contribution in [2.75, 3.05) is 39.5 Å². The van der Waals surface area contributed by atoms with Crippen molar-refractivity contribution in [2.24, 2.45) is 0 Å². The van der Waals surface area contributed by atoms with Gasteiger partial charge in [0.25, 0.3) is 0 Å². The number of ether oxygens (including phenoxy) is 2. The molecule has 0 N–H and O–H groups in total. The van der Waals surface area contributed by atoms with E-state index >= 15 is 0 Å². The van der Waals surface area contributed by atoms with E-state index in [2.05, 4.69) is 58.6 Å². The molecule has 182 valence electrons. The Morgan fingerprint density at radius 3 is 2.44 bits per heavy atom. The Hall–Kier alpha value is -2.02. The normalized spacial score (nSPS) is 14.1. The Labute approximate surface area is 217 Å². The zero-order chi connectivity index (χ0) is 22.1. The van der Waals surface area contributed by atoms with E-state index in [1.165, 1.54) is 21.8 Å². The highest BCUT2D eigenvalue weighted by molar-refractivity contribution is 6.32. The van der Waals surface area contributed by atoms with Gasteiger partial charge in [-0.25, -0.2) is 0 Å². The second-order valence-corrected chi connectivity index (χ2v) is 8.65. The van der Waals surface area contributed by atoms with Crippen LogP contribution in [0.2, 0.25) is 5.02 Å². The second-order valence-electron chi connectivity index (χ2n) is 8.21. The van der Waals surface area contributed by atoms with E-state index in [9.17, 15) is 0 Å². The first-order valence-electron chi connectivity index (χ1n) is 11.3. The van der Waals surface area contributed by atoms with Gasteiger partial charge in [0.15, 0.2) is 0 Å². The van der Waals surface area contributed by atoms with Crippen molar-refractivity contribution in [1.82, 2.24) is 14.5 Å². The lowest BCUT2D eigenvalue weighted by molar-refractivity contribution is 0.0322. The number of pyridine rings is 1. The minimum absolute atomic E-state index is 0. The van der Waals surface area contributed by atoms with Gasteiger partial charge in [0.2, 0.25) is 0 Å². The van der Waals surface area contributed by atoms with E-state index in [1.807, 2.05) is 18.3 Å². The van der Waals surface area contributed by atoms with Gasteiger partial charge in [-0.05, 0) is 49.7 Å². The molecule has 5 nitrogen and oxygen atoms in total. The average Bonchev–Trinajstić information content (AvgIpc) is 3.14. The van der Waals surface area contributed by atoms with Gasteiger partial charge in [-0.2, -0.15) is 0 Å². The molecule has 0 unspecified atom stereocenters. The molecular formula is C26H30Cl3N3O2. The average molecular weight is 523 g/mol. The van der Waals surface area contributed by atoms with Crippen LogP contribution in [0, 0.1) is 6.92 Å². The van der Waals surface area contributed by atoms with Crippen LogP contribution in [0.5, 0.6) is 5.75 Å². The Morgan fingerprint density at radius 2 is 1.74 bits per heavy atom. The van der Waals surface area contributed by atoms with Crippen molar-refractivity contribution in [3.05, 3.63) is 59.4 Å². The predicted octanol–water partition coefficient (Wildman–Crippen LogP) is 6.39. The highest BCUT2D eigenvalue weighted by Gasteiger charge is 2.17. The van der Waals surface area contributed by atoms with Gasteiger partial charge in [-0.3, -0.25) is 9.88 Å². The van der Waals surface area contributed by atoms with Crippen LogP contribution in [0.3, 0.4) is 0 Å². The number of hydrogen-bond donors (Lipinski definition) is 0. The number of halogens is 3. The molecule has 1 aliphatic rings. The van der Waals surface area contributed by atoms with Gasteiger partial charge in [0.05, 0.1) is 29.9 Å². The molecule has 0 spiro atoms. The topological polar surface area (TPSA) is 39.5 Å². The summed E-state index contributed by atoms with van der Waals surface area (Å²) in [6.07, 6.45) is 1.88. The Morgan fingerprint density at radius 1 is 1.00 bits per heavy atom. The fraction of sp³-hybridized carbons (Fsp3) is 0.346. The van der Waals surface area contributed by atoms with Gasteiger partial charge in [-0.15, -0.1) is 24.8 Å². The van der Waals surface area contributed by atoms with Crippen LogP contribution in [0.1, 0.15) is 12.6 Å². The zero-order valence-electron chi connectivity index (χ0n) is 19.4. The maximum absolute atomic E-state index is 6.58. The lowest BCUT2D eigenvalue weighted by atomic mass is 10.0. The van der Waals surface area contributed by atoms with Crippen LogP contribution in [0.15, 0.2) is 48.7 Å². The molecule has 0 aliphatic carbocycles. The van der Waals surface area contributed by atoms with Crippen molar-refractivity contribution >= 4 is 58.2 Å². The summed E-state index contributed by atoms with van der Waals surface area (Å²) in [5.41, 5.74) is 5.66. The van der Waals surface area contributed by atoms with Gasteiger partial charge < -0.3 is 14.0 Å². The second kappa shape index (κ2) is 11.6. The van der Waals surface area contributed by atoms with E-state index in [-0.39, 0.29) is 24.8 Å². The minimum Gasteiger partial charge on any atom is -0.492 e. The van der Waals surface area contributed by atoms with Crippen molar-refractivity contribution in [3.63, 3.8) is 0 Å². The third-order valence-electron chi connectivity index (χ3n) is 6.27. The number of rotatable bonds is 6. The van der Waals surface area contributed by atoms with E-state index in [0.717, 1.165) is 67.0 Å². The smallest absolute Gasteiger partial charge is 0.119 e. The highest BCUT2D eigenvalue weighted by Crippen LogP contribution is 2.39. The lowest BCUT2D eigenvalue weighted by Crippen LogP contribution is -2.38. The molecule has 5 rings (SSSR count). The number of nitrogens with zero attached hydrogens (tertiary/aromatic N) is 3. The van der Waals surface area contributed by atoms with Crippen molar-refractivity contribution < 1.29 is 9.47 Å². The molecule has 8 heteroatoms. The van der Waals surface area contributed by atoms with E-state index in [4.69, 9.17) is 21.1 Å². The molecule has 1 fully saturated rings. The maximum Gasteiger partial charge on any atom is 0.119 e. The summed E-state index contributed by atoms with van der Waals surface area (Å²) >= 11 is 6.58. The first-order valence-corrected chi connectivity index (χ1v) is 11.6. The van der Waals surface area contributed by atoms with Crippen LogP contribution in [-0.2, 0) is 11.3 Å². The molecular weight excluding hydrogens is 493 g/mol. The number of fused-ring (bicyclic) bond motifs is 3. The molecule has 1 aliphatic heterocycles.